The van der Waals surface area contributed by atoms with E-state index in [4.69, 9.17) is 11.0 Å². The van der Waals surface area contributed by atoms with Crippen LogP contribution in [0, 0.1) is 18.3 Å². The molecule has 0 unspecified atom stereocenters. The van der Waals surface area contributed by atoms with E-state index in [-0.39, 0.29) is 17.8 Å². The number of alkyl halides is 2. The first-order valence-electron chi connectivity index (χ1n) is 3.96. The van der Waals surface area contributed by atoms with Crippen LogP contribution in [-0.4, -0.2) is 4.98 Å². The predicted molar refractivity (Wildman–Crippen MR) is 47.7 cm³/mol. The molecule has 0 aliphatic heterocycles. The quantitative estimate of drug-likeness (QED) is 0.788. The summed E-state index contributed by atoms with van der Waals surface area (Å²) in [5.74, 6) is 0.147. The maximum atomic E-state index is 12.4. The summed E-state index contributed by atoms with van der Waals surface area (Å²) in [6, 6.07) is 1.87. The van der Waals surface area contributed by atoms with Crippen molar-refractivity contribution in [3.05, 3.63) is 22.9 Å². The molecule has 0 atom stereocenters. The number of hydrogen-bond acceptors (Lipinski definition) is 3. The second kappa shape index (κ2) is 4.01. The molecule has 74 valence electrons. The number of nitrogens with two attached hydrogens (primary N) is 1. The molecule has 2 N–H and O–H groups in total. The topological polar surface area (TPSA) is 62.7 Å². The van der Waals surface area contributed by atoms with Crippen molar-refractivity contribution in [3.63, 3.8) is 0 Å². The van der Waals surface area contributed by atoms with Gasteiger partial charge in [0.05, 0.1) is 12.5 Å². The highest BCUT2D eigenvalue weighted by Gasteiger charge is 2.15. The van der Waals surface area contributed by atoms with Crippen LogP contribution in [0.25, 0.3) is 0 Å². The Morgan fingerprint density at radius 3 is 2.79 bits per heavy atom. The van der Waals surface area contributed by atoms with Gasteiger partial charge in [0.1, 0.15) is 5.82 Å². The molecule has 0 aliphatic rings. The minimum atomic E-state index is -2.58. The molecule has 0 bridgehead atoms. The molecule has 1 aromatic rings. The lowest BCUT2D eigenvalue weighted by Gasteiger charge is -2.09. The summed E-state index contributed by atoms with van der Waals surface area (Å²) >= 11 is 0. The average molecular weight is 197 g/mol. The smallest absolute Gasteiger partial charge is 0.265 e. The Morgan fingerprint density at radius 1 is 1.64 bits per heavy atom. The van der Waals surface area contributed by atoms with Crippen molar-refractivity contribution in [1.82, 2.24) is 4.98 Å². The Bertz CT molecular complexity index is 382. The second-order valence-electron chi connectivity index (χ2n) is 2.84. The first kappa shape index (κ1) is 10.4. The summed E-state index contributed by atoms with van der Waals surface area (Å²) in [4.78, 5) is 3.63. The highest BCUT2D eigenvalue weighted by molar-refractivity contribution is 5.48. The zero-order valence-corrected chi connectivity index (χ0v) is 7.59. The lowest BCUT2D eigenvalue weighted by Crippen LogP contribution is -2.03. The molecule has 0 saturated heterocycles. The number of halogens is 2. The maximum absolute atomic E-state index is 12.4. The van der Waals surface area contributed by atoms with Crippen molar-refractivity contribution in [2.75, 3.05) is 5.73 Å². The number of aromatic nitrogens is 1. The third-order valence-electron chi connectivity index (χ3n) is 2.03. The van der Waals surface area contributed by atoms with E-state index in [2.05, 4.69) is 4.98 Å². The normalized spacial score (nSPS) is 10.2. The molecule has 3 nitrogen and oxygen atoms in total. The summed E-state index contributed by atoms with van der Waals surface area (Å²) < 4.78 is 24.8. The first-order valence-corrected chi connectivity index (χ1v) is 3.96. The molecule has 0 fully saturated rings. The monoisotopic (exact) mass is 197 g/mol. The Morgan fingerprint density at radius 2 is 2.29 bits per heavy atom. The lowest BCUT2D eigenvalue weighted by molar-refractivity contribution is 0.150. The standard InChI is InChI=1S/C9H9F2N3/c1-5-6(2-3-12)9(13)14-4-7(5)8(10)11/h4,8H,2H2,1H3,(H2,13,14). The van der Waals surface area contributed by atoms with Crippen LogP contribution in [-0.2, 0) is 6.42 Å². The summed E-state index contributed by atoms with van der Waals surface area (Å²) in [5.41, 5.74) is 6.06. The molecule has 1 rings (SSSR count). The van der Waals surface area contributed by atoms with E-state index in [1.165, 1.54) is 6.92 Å². The molecule has 1 aromatic heterocycles. The Balaban J connectivity index is 3.27. The number of hydrogen-bond donors (Lipinski definition) is 1. The van der Waals surface area contributed by atoms with Crippen molar-refractivity contribution in [2.45, 2.75) is 19.8 Å². The summed E-state index contributed by atoms with van der Waals surface area (Å²) in [7, 11) is 0. The lowest BCUT2D eigenvalue weighted by atomic mass is 10.0. The highest BCUT2D eigenvalue weighted by Crippen LogP contribution is 2.26. The molecule has 1 heterocycles. The fourth-order valence-electron chi connectivity index (χ4n) is 1.20. The van der Waals surface area contributed by atoms with Gasteiger partial charge in [0.25, 0.3) is 6.43 Å². The molecule has 0 amide bonds. The number of nitrogens with zero attached hydrogens (tertiary/aromatic N) is 2. The highest BCUT2D eigenvalue weighted by atomic mass is 19.3. The number of nitrogen functional groups attached to an aromatic ring is 1. The van der Waals surface area contributed by atoms with E-state index in [1.807, 2.05) is 6.07 Å². The molecule has 14 heavy (non-hydrogen) atoms. The third kappa shape index (κ3) is 1.79. The molecular weight excluding hydrogens is 188 g/mol. The van der Waals surface area contributed by atoms with Gasteiger partial charge in [-0.1, -0.05) is 0 Å². The fourth-order valence-corrected chi connectivity index (χ4v) is 1.20. The van der Waals surface area contributed by atoms with Crippen molar-refractivity contribution < 1.29 is 8.78 Å². The van der Waals surface area contributed by atoms with Gasteiger partial charge in [-0.3, -0.25) is 0 Å². The van der Waals surface area contributed by atoms with Gasteiger partial charge in [-0.25, -0.2) is 13.8 Å². The SMILES string of the molecule is Cc1c(C(F)F)cnc(N)c1CC#N. The predicted octanol–water partition coefficient (Wildman–Crippen LogP) is 1.98. The second-order valence-corrected chi connectivity index (χ2v) is 2.84. The average Bonchev–Trinajstić information content (AvgIpc) is 2.11. The number of anilines is 1. The largest absolute Gasteiger partial charge is 0.383 e. The van der Waals surface area contributed by atoms with Crippen LogP contribution in [0.2, 0.25) is 0 Å². The molecule has 0 radical (unpaired) electrons. The van der Waals surface area contributed by atoms with Crippen LogP contribution in [0.1, 0.15) is 23.1 Å². The fraction of sp³-hybridized carbons (Fsp3) is 0.333. The van der Waals surface area contributed by atoms with E-state index in [9.17, 15) is 8.78 Å². The molecule has 0 aliphatic carbocycles. The van der Waals surface area contributed by atoms with E-state index < -0.39 is 6.43 Å². The Hall–Kier alpha value is -1.70. The zero-order chi connectivity index (χ0) is 10.7. The van der Waals surface area contributed by atoms with Crippen LogP contribution >= 0.6 is 0 Å². The maximum Gasteiger partial charge on any atom is 0.265 e. The van der Waals surface area contributed by atoms with Gasteiger partial charge in [-0.2, -0.15) is 5.26 Å². The van der Waals surface area contributed by atoms with Crippen LogP contribution in [0.4, 0.5) is 14.6 Å². The molecule has 0 spiro atoms. The van der Waals surface area contributed by atoms with Crippen LogP contribution in [0.15, 0.2) is 6.20 Å². The summed E-state index contributed by atoms with van der Waals surface area (Å²) in [5, 5.41) is 8.48. The van der Waals surface area contributed by atoms with E-state index in [1.54, 1.807) is 0 Å². The van der Waals surface area contributed by atoms with Gasteiger partial charge < -0.3 is 5.73 Å². The van der Waals surface area contributed by atoms with Gasteiger partial charge in [-0.15, -0.1) is 0 Å². The molecular formula is C9H9F2N3. The molecule has 0 aromatic carbocycles. The Labute approximate surface area is 80.2 Å². The first-order chi connectivity index (χ1) is 6.57. The number of nitriles is 1. The van der Waals surface area contributed by atoms with Crippen LogP contribution in [0.5, 0.6) is 0 Å². The number of rotatable bonds is 2. The minimum Gasteiger partial charge on any atom is -0.383 e. The summed E-state index contributed by atoms with van der Waals surface area (Å²) in [6.45, 7) is 1.52. The van der Waals surface area contributed by atoms with Gasteiger partial charge in [-0.05, 0) is 12.5 Å². The van der Waals surface area contributed by atoms with Gasteiger partial charge in [0.15, 0.2) is 0 Å². The van der Waals surface area contributed by atoms with Crippen molar-refractivity contribution in [3.8, 4) is 6.07 Å². The zero-order valence-electron chi connectivity index (χ0n) is 7.59. The van der Waals surface area contributed by atoms with Gasteiger partial charge in [0, 0.05) is 17.3 Å². The Kier molecular flexibility index (Phi) is 2.97. The minimum absolute atomic E-state index is 0.00519. The van der Waals surface area contributed by atoms with Crippen LogP contribution in [0.3, 0.4) is 0 Å². The third-order valence-corrected chi connectivity index (χ3v) is 2.03. The molecule has 5 heteroatoms. The van der Waals surface area contributed by atoms with E-state index in [0.29, 0.717) is 11.1 Å². The van der Waals surface area contributed by atoms with Crippen LogP contribution < -0.4 is 5.73 Å². The van der Waals surface area contributed by atoms with Crippen molar-refractivity contribution >= 4 is 5.82 Å². The molecule has 0 saturated carbocycles. The van der Waals surface area contributed by atoms with E-state index >= 15 is 0 Å². The summed E-state index contributed by atoms with van der Waals surface area (Å²) in [6.07, 6.45) is -1.53. The van der Waals surface area contributed by atoms with Crippen molar-refractivity contribution in [1.29, 1.82) is 5.26 Å². The van der Waals surface area contributed by atoms with Gasteiger partial charge in [0.2, 0.25) is 0 Å². The van der Waals surface area contributed by atoms with Crippen molar-refractivity contribution in [2.24, 2.45) is 0 Å². The van der Waals surface area contributed by atoms with E-state index in [0.717, 1.165) is 6.20 Å². The van der Waals surface area contributed by atoms with Gasteiger partial charge >= 0.3 is 0 Å². The number of pyridine rings is 1.